The van der Waals surface area contributed by atoms with Crippen molar-refractivity contribution >= 4 is 46.0 Å². The lowest BCUT2D eigenvalue weighted by Gasteiger charge is -2.12. The molecule has 0 radical (unpaired) electrons. The van der Waals surface area contributed by atoms with E-state index in [-0.39, 0.29) is 27.9 Å². The fourth-order valence-corrected chi connectivity index (χ4v) is 3.73. The number of H-pyrrole nitrogens is 1. The van der Waals surface area contributed by atoms with E-state index in [0.717, 1.165) is 36.4 Å². The third kappa shape index (κ3) is 4.56. The van der Waals surface area contributed by atoms with E-state index in [1.54, 1.807) is 10.6 Å². The molecule has 0 unspecified atom stereocenters. The number of amides is 1. The van der Waals surface area contributed by atoms with E-state index >= 15 is 0 Å². The summed E-state index contributed by atoms with van der Waals surface area (Å²) in [6.45, 7) is 4.43. The maximum atomic E-state index is 13.3. The summed E-state index contributed by atoms with van der Waals surface area (Å²) in [6.07, 6.45) is 1.75. The van der Waals surface area contributed by atoms with Crippen LogP contribution < -0.4 is 10.9 Å². The van der Waals surface area contributed by atoms with Crippen molar-refractivity contribution in [3.8, 4) is 0 Å². The minimum Gasteiger partial charge on any atom is -0.353 e. The Hall–Kier alpha value is -2.32. The van der Waals surface area contributed by atoms with E-state index in [1.165, 1.54) is 12.1 Å². The molecule has 0 atom stereocenters. The summed E-state index contributed by atoms with van der Waals surface area (Å²) in [5, 5.41) is 3.32. The number of aromatic nitrogens is 3. The monoisotopic (exact) mass is 422 g/mol. The Morgan fingerprint density at radius 2 is 2.18 bits per heavy atom. The summed E-state index contributed by atoms with van der Waals surface area (Å²) >= 11 is 7.14. The summed E-state index contributed by atoms with van der Waals surface area (Å²) in [7, 11) is 0. The number of rotatable bonds is 7. The maximum Gasteiger partial charge on any atom is 0.278 e. The maximum absolute atomic E-state index is 13.3. The van der Waals surface area contributed by atoms with Gasteiger partial charge in [-0.05, 0) is 37.6 Å². The van der Waals surface area contributed by atoms with Gasteiger partial charge < -0.3 is 10.3 Å². The third-order valence-electron chi connectivity index (χ3n) is 4.11. The number of aromatic amines is 1. The molecule has 0 aliphatic rings. The van der Waals surface area contributed by atoms with Crippen molar-refractivity contribution in [1.82, 2.24) is 14.5 Å². The molecule has 0 spiro atoms. The van der Waals surface area contributed by atoms with Crippen molar-refractivity contribution in [3.05, 3.63) is 51.2 Å². The minimum absolute atomic E-state index is 0.0142. The van der Waals surface area contributed by atoms with Crippen molar-refractivity contribution in [1.29, 1.82) is 0 Å². The number of fused-ring (bicyclic) bond motifs is 1. The molecule has 1 amide bonds. The van der Waals surface area contributed by atoms with Gasteiger partial charge in [-0.3, -0.25) is 14.2 Å². The lowest BCUT2D eigenvalue weighted by atomic mass is 10.3. The zero-order valence-electron chi connectivity index (χ0n) is 15.5. The quantitative estimate of drug-likeness (QED) is 0.438. The van der Waals surface area contributed by atoms with Crippen LogP contribution in [0.2, 0.25) is 5.02 Å². The number of hydrogen-bond donors (Lipinski definition) is 2. The standard InChI is InChI=1S/C19H20ClFN4O2S/c1-3-4-7-25-18(27)17-15(8-11(2)22-17)24-19(25)28-10-16(26)23-14-9-12(21)5-6-13(14)20/h5-6,8-9,22H,3-4,7,10H2,1-2H3,(H,23,26). The Bertz CT molecular complexity index is 1080. The molecule has 3 aromatic rings. The number of anilines is 1. The van der Waals surface area contributed by atoms with Crippen molar-refractivity contribution in [3.63, 3.8) is 0 Å². The van der Waals surface area contributed by atoms with E-state index in [1.807, 2.05) is 13.8 Å². The third-order valence-corrected chi connectivity index (χ3v) is 5.41. The fourth-order valence-electron chi connectivity index (χ4n) is 2.74. The second-order valence-electron chi connectivity index (χ2n) is 6.38. The molecule has 0 bridgehead atoms. The van der Waals surface area contributed by atoms with Crippen molar-refractivity contribution in [2.24, 2.45) is 0 Å². The first-order valence-corrected chi connectivity index (χ1v) is 10.2. The highest BCUT2D eigenvalue weighted by Crippen LogP contribution is 2.24. The number of hydrogen-bond acceptors (Lipinski definition) is 4. The van der Waals surface area contributed by atoms with Crippen molar-refractivity contribution in [2.45, 2.75) is 38.4 Å². The van der Waals surface area contributed by atoms with E-state index in [9.17, 15) is 14.0 Å². The first-order valence-electron chi connectivity index (χ1n) is 8.87. The van der Waals surface area contributed by atoms with E-state index in [4.69, 9.17) is 11.6 Å². The highest BCUT2D eigenvalue weighted by Gasteiger charge is 2.15. The number of thioether (sulfide) groups is 1. The average Bonchev–Trinajstić information content (AvgIpc) is 3.03. The van der Waals surface area contributed by atoms with Gasteiger partial charge in [-0.2, -0.15) is 0 Å². The van der Waals surface area contributed by atoms with Crippen molar-refractivity contribution < 1.29 is 9.18 Å². The molecule has 2 heterocycles. The van der Waals surface area contributed by atoms with E-state index in [2.05, 4.69) is 15.3 Å². The molecule has 6 nitrogen and oxygen atoms in total. The number of unbranched alkanes of at least 4 members (excludes halogenated alkanes) is 1. The number of nitrogens with zero attached hydrogens (tertiary/aromatic N) is 2. The van der Waals surface area contributed by atoms with Gasteiger partial charge in [-0.1, -0.05) is 36.7 Å². The van der Waals surface area contributed by atoms with Crippen LogP contribution in [0.15, 0.2) is 34.2 Å². The zero-order valence-corrected chi connectivity index (χ0v) is 17.1. The normalized spacial score (nSPS) is 11.1. The number of carbonyl (C=O) groups excluding carboxylic acids is 1. The first kappa shape index (κ1) is 20.4. The van der Waals surface area contributed by atoms with Gasteiger partial charge in [0.05, 0.1) is 22.0 Å². The molecule has 28 heavy (non-hydrogen) atoms. The van der Waals surface area contributed by atoms with Crippen LogP contribution in [-0.4, -0.2) is 26.2 Å². The van der Waals surface area contributed by atoms with Gasteiger partial charge in [0.2, 0.25) is 5.91 Å². The topological polar surface area (TPSA) is 79.8 Å². The lowest BCUT2D eigenvalue weighted by Crippen LogP contribution is -2.24. The van der Waals surface area contributed by atoms with Crippen LogP contribution in [0.1, 0.15) is 25.5 Å². The van der Waals surface area contributed by atoms with Crippen LogP contribution in [0.25, 0.3) is 11.0 Å². The predicted octanol–water partition coefficient (Wildman–Crippen LogP) is 4.36. The van der Waals surface area contributed by atoms with Gasteiger partial charge in [0.25, 0.3) is 5.56 Å². The van der Waals surface area contributed by atoms with E-state index in [0.29, 0.717) is 22.7 Å². The van der Waals surface area contributed by atoms with Crippen LogP contribution in [0.4, 0.5) is 10.1 Å². The molecule has 0 aliphatic heterocycles. The summed E-state index contributed by atoms with van der Waals surface area (Å²) in [4.78, 5) is 32.7. The Morgan fingerprint density at radius 3 is 2.93 bits per heavy atom. The van der Waals surface area contributed by atoms with Crippen LogP contribution in [0.3, 0.4) is 0 Å². The zero-order chi connectivity index (χ0) is 20.3. The first-order chi connectivity index (χ1) is 13.4. The Morgan fingerprint density at radius 1 is 1.39 bits per heavy atom. The molecule has 9 heteroatoms. The fraction of sp³-hybridized carbons (Fsp3) is 0.316. The van der Waals surface area contributed by atoms with Gasteiger partial charge in [0.1, 0.15) is 11.3 Å². The molecular formula is C19H20ClFN4O2S. The van der Waals surface area contributed by atoms with Gasteiger partial charge in [-0.25, -0.2) is 9.37 Å². The number of aryl methyl sites for hydroxylation is 1. The summed E-state index contributed by atoms with van der Waals surface area (Å²) < 4.78 is 14.9. The number of carbonyl (C=O) groups is 1. The highest BCUT2D eigenvalue weighted by atomic mass is 35.5. The summed E-state index contributed by atoms with van der Waals surface area (Å²) in [5.74, 6) is -0.838. The van der Waals surface area contributed by atoms with Gasteiger partial charge in [0.15, 0.2) is 5.16 Å². The molecule has 2 N–H and O–H groups in total. The molecule has 0 aliphatic carbocycles. The van der Waals surface area contributed by atoms with Gasteiger partial charge >= 0.3 is 0 Å². The van der Waals surface area contributed by atoms with Crippen LogP contribution >= 0.6 is 23.4 Å². The van der Waals surface area contributed by atoms with Gasteiger partial charge in [0, 0.05) is 12.2 Å². The lowest BCUT2D eigenvalue weighted by molar-refractivity contribution is -0.113. The number of halogens is 2. The molecule has 0 saturated carbocycles. The SMILES string of the molecule is CCCCn1c(SCC(=O)Nc2cc(F)ccc2Cl)nc2cc(C)[nH]c2c1=O. The predicted molar refractivity (Wildman–Crippen MR) is 111 cm³/mol. The average molecular weight is 423 g/mol. The minimum atomic E-state index is -0.490. The summed E-state index contributed by atoms with van der Waals surface area (Å²) in [5.41, 5.74) is 1.95. The van der Waals surface area contributed by atoms with E-state index < -0.39 is 5.82 Å². The number of nitrogens with one attached hydrogen (secondary N) is 2. The highest BCUT2D eigenvalue weighted by molar-refractivity contribution is 7.99. The smallest absolute Gasteiger partial charge is 0.278 e. The Kier molecular flexibility index (Phi) is 6.41. The van der Waals surface area contributed by atoms with Gasteiger partial charge in [-0.15, -0.1) is 0 Å². The van der Waals surface area contributed by atoms with Crippen LogP contribution in [-0.2, 0) is 11.3 Å². The molecule has 3 rings (SSSR count). The molecule has 1 aromatic carbocycles. The molecule has 0 saturated heterocycles. The molecular weight excluding hydrogens is 403 g/mol. The Balaban J connectivity index is 1.81. The Labute approximate surface area is 170 Å². The molecule has 148 valence electrons. The van der Waals surface area contributed by atoms with Crippen LogP contribution in [0.5, 0.6) is 0 Å². The molecule has 2 aromatic heterocycles. The largest absolute Gasteiger partial charge is 0.353 e. The molecule has 0 fully saturated rings. The second kappa shape index (κ2) is 8.79. The van der Waals surface area contributed by atoms with Crippen molar-refractivity contribution in [2.75, 3.05) is 11.1 Å². The number of benzene rings is 1. The van der Waals surface area contributed by atoms with Crippen LogP contribution in [0, 0.1) is 12.7 Å². The summed E-state index contributed by atoms with van der Waals surface area (Å²) in [6, 6.07) is 5.56. The second-order valence-corrected chi connectivity index (χ2v) is 7.73.